The van der Waals surface area contributed by atoms with Crippen LogP contribution in [0.4, 0.5) is 0 Å². The molecule has 6 nitrogen and oxygen atoms in total. The Hall–Kier alpha value is -1.08. The van der Waals surface area contributed by atoms with Gasteiger partial charge < -0.3 is 10.4 Å². The molecule has 0 radical (unpaired) electrons. The number of nitrogens with one attached hydrogen (secondary N) is 1. The number of carboxylic acids is 1. The molecule has 0 amide bonds. The van der Waals surface area contributed by atoms with E-state index in [0.717, 1.165) is 25.3 Å². The van der Waals surface area contributed by atoms with Gasteiger partial charge in [0.1, 0.15) is 0 Å². The zero-order chi connectivity index (χ0) is 11.8. The Bertz CT molecular complexity index is 329. The monoisotopic (exact) mass is 244 g/mol. The molecule has 90 valence electrons. The van der Waals surface area contributed by atoms with Gasteiger partial charge in [0.05, 0.1) is 12.7 Å². The Morgan fingerprint density at radius 2 is 2.44 bits per heavy atom. The predicted molar refractivity (Wildman–Crippen MR) is 62.9 cm³/mol. The summed E-state index contributed by atoms with van der Waals surface area (Å²) < 4.78 is 1.53. The molecule has 0 spiro atoms. The van der Waals surface area contributed by atoms with Gasteiger partial charge in [0, 0.05) is 6.54 Å². The van der Waals surface area contributed by atoms with Gasteiger partial charge in [-0.15, -0.1) is 5.10 Å². The molecule has 0 atom stereocenters. The summed E-state index contributed by atoms with van der Waals surface area (Å²) in [7, 11) is 0. The van der Waals surface area contributed by atoms with E-state index in [-0.39, 0.29) is 5.69 Å². The third-order valence-electron chi connectivity index (χ3n) is 1.98. The van der Waals surface area contributed by atoms with Crippen LogP contribution in [0.25, 0.3) is 0 Å². The maximum absolute atomic E-state index is 10.5. The van der Waals surface area contributed by atoms with Gasteiger partial charge in [-0.2, -0.15) is 11.8 Å². The highest BCUT2D eigenvalue weighted by Crippen LogP contribution is 1.94. The Morgan fingerprint density at radius 1 is 1.62 bits per heavy atom. The summed E-state index contributed by atoms with van der Waals surface area (Å²) in [6.45, 7) is 2.39. The molecule has 7 heteroatoms. The van der Waals surface area contributed by atoms with E-state index in [2.05, 4.69) is 21.9 Å². The average Bonchev–Trinajstić information content (AvgIpc) is 2.72. The third-order valence-corrected chi connectivity index (χ3v) is 2.67. The number of hydrogen-bond acceptors (Lipinski definition) is 5. The van der Waals surface area contributed by atoms with Crippen LogP contribution in [0.5, 0.6) is 0 Å². The van der Waals surface area contributed by atoms with Crippen molar-refractivity contribution >= 4 is 17.7 Å². The molecule has 2 N–H and O–H groups in total. The lowest BCUT2D eigenvalue weighted by Crippen LogP contribution is -2.21. The van der Waals surface area contributed by atoms with Gasteiger partial charge in [0.25, 0.3) is 0 Å². The lowest BCUT2D eigenvalue weighted by atomic mass is 10.4. The molecule has 1 aromatic heterocycles. The zero-order valence-electron chi connectivity index (χ0n) is 9.22. The van der Waals surface area contributed by atoms with Gasteiger partial charge >= 0.3 is 5.97 Å². The maximum Gasteiger partial charge on any atom is 0.358 e. The first kappa shape index (κ1) is 13.0. The van der Waals surface area contributed by atoms with Crippen LogP contribution >= 0.6 is 11.8 Å². The molecule has 0 saturated carbocycles. The smallest absolute Gasteiger partial charge is 0.358 e. The van der Waals surface area contributed by atoms with Gasteiger partial charge in [0.2, 0.25) is 0 Å². The Morgan fingerprint density at radius 3 is 3.06 bits per heavy atom. The molecule has 16 heavy (non-hydrogen) atoms. The van der Waals surface area contributed by atoms with Crippen LogP contribution in [0, 0.1) is 0 Å². The summed E-state index contributed by atoms with van der Waals surface area (Å²) in [6.07, 6.45) is 4.66. The van der Waals surface area contributed by atoms with E-state index in [1.54, 1.807) is 0 Å². The fourth-order valence-electron chi connectivity index (χ4n) is 1.17. The molecule has 0 aliphatic rings. The third kappa shape index (κ3) is 4.63. The molecular formula is C9H16N4O2S. The molecular weight excluding hydrogens is 228 g/mol. The van der Waals surface area contributed by atoms with E-state index < -0.39 is 5.97 Å². The van der Waals surface area contributed by atoms with Crippen molar-refractivity contribution in [1.82, 2.24) is 20.3 Å². The minimum atomic E-state index is -1.04. The van der Waals surface area contributed by atoms with Crippen molar-refractivity contribution in [3.8, 4) is 0 Å². The largest absolute Gasteiger partial charge is 0.476 e. The van der Waals surface area contributed by atoms with Crippen LogP contribution in [0.1, 0.15) is 16.9 Å². The fraction of sp³-hybridized carbons (Fsp3) is 0.667. The standard InChI is InChI=1S/C9H16N4O2S/c1-16-6-2-3-10-4-5-13-7-8(9(14)15)11-12-13/h7,10H,2-6H2,1H3,(H,14,15). The van der Waals surface area contributed by atoms with Gasteiger partial charge in [-0.05, 0) is 25.0 Å². The van der Waals surface area contributed by atoms with Gasteiger partial charge in [-0.1, -0.05) is 5.21 Å². The first-order valence-corrected chi connectivity index (χ1v) is 6.46. The van der Waals surface area contributed by atoms with Crippen LogP contribution in [0.3, 0.4) is 0 Å². The summed E-state index contributed by atoms with van der Waals surface area (Å²) in [4.78, 5) is 10.5. The lowest BCUT2D eigenvalue weighted by Gasteiger charge is -2.03. The summed E-state index contributed by atoms with van der Waals surface area (Å²) in [6, 6.07) is 0. The molecule has 1 heterocycles. The lowest BCUT2D eigenvalue weighted by molar-refractivity contribution is 0.0690. The Balaban J connectivity index is 2.14. The van der Waals surface area contributed by atoms with Crippen LogP contribution in [-0.2, 0) is 6.54 Å². The van der Waals surface area contributed by atoms with E-state index in [4.69, 9.17) is 5.11 Å². The molecule has 0 fully saturated rings. The van der Waals surface area contributed by atoms with Crippen molar-refractivity contribution in [2.24, 2.45) is 0 Å². The number of aromatic carboxylic acids is 1. The van der Waals surface area contributed by atoms with E-state index in [9.17, 15) is 4.79 Å². The zero-order valence-corrected chi connectivity index (χ0v) is 10.0. The molecule has 0 saturated heterocycles. The molecule has 1 aromatic rings. The number of carboxylic acid groups (broad SMARTS) is 1. The molecule has 0 aliphatic carbocycles. The topological polar surface area (TPSA) is 80.0 Å². The maximum atomic E-state index is 10.5. The van der Waals surface area contributed by atoms with Crippen molar-refractivity contribution in [1.29, 1.82) is 0 Å². The van der Waals surface area contributed by atoms with Gasteiger partial charge in [-0.25, -0.2) is 4.79 Å². The van der Waals surface area contributed by atoms with E-state index in [0.29, 0.717) is 6.54 Å². The van der Waals surface area contributed by atoms with Crippen molar-refractivity contribution in [2.45, 2.75) is 13.0 Å². The van der Waals surface area contributed by atoms with Crippen molar-refractivity contribution in [2.75, 3.05) is 25.1 Å². The number of aromatic nitrogens is 3. The second-order valence-corrected chi connectivity index (χ2v) is 4.25. The number of thioether (sulfide) groups is 1. The number of rotatable bonds is 8. The van der Waals surface area contributed by atoms with Crippen LogP contribution in [0.15, 0.2) is 6.20 Å². The van der Waals surface area contributed by atoms with E-state index in [1.807, 2.05) is 11.8 Å². The highest BCUT2D eigenvalue weighted by Gasteiger charge is 2.07. The van der Waals surface area contributed by atoms with Crippen LogP contribution in [0.2, 0.25) is 0 Å². The first-order valence-electron chi connectivity index (χ1n) is 5.07. The minimum Gasteiger partial charge on any atom is -0.476 e. The molecule has 1 rings (SSSR count). The molecule has 0 aromatic carbocycles. The Kier molecular flexibility index (Phi) is 5.87. The first-order chi connectivity index (χ1) is 7.74. The average molecular weight is 244 g/mol. The van der Waals surface area contributed by atoms with Crippen molar-refractivity contribution < 1.29 is 9.90 Å². The predicted octanol–water partition coefficient (Wildman–Crippen LogP) is 0.319. The molecule has 0 bridgehead atoms. The molecule has 0 unspecified atom stereocenters. The highest BCUT2D eigenvalue weighted by molar-refractivity contribution is 7.98. The molecule has 0 aliphatic heterocycles. The number of nitrogens with zero attached hydrogens (tertiary/aromatic N) is 3. The van der Waals surface area contributed by atoms with Gasteiger partial charge in [0.15, 0.2) is 5.69 Å². The summed E-state index contributed by atoms with van der Waals surface area (Å²) in [5, 5.41) is 19.1. The van der Waals surface area contributed by atoms with Crippen LogP contribution in [-0.4, -0.2) is 51.2 Å². The number of carbonyl (C=O) groups is 1. The second-order valence-electron chi connectivity index (χ2n) is 3.27. The quantitative estimate of drug-likeness (QED) is 0.641. The summed E-state index contributed by atoms with van der Waals surface area (Å²) >= 11 is 1.83. The van der Waals surface area contributed by atoms with Crippen molar-refractivity contribution in [3.63, 3.8) is 0 Å². The second kappa shape index (κ2) is 7.24. The summed E-state index contributed by atoms with van der Waals surface area (Å²) in [5.41, 5.74) is -0.0117. The van der Waals surface area contributed by atoms with Crippen LogP contribution < -0.4 is 5.32 Å². The Labute approximate surface area is 98.4 Å². The van der Waals surface area contributed by atoms with Gasteiger partial charge in [-0.3, -0.25) is 4.68 Å². The van der Waals surface area contributed by atoms with E-state index in [1.165, 1.54) is 10.9 Å². The number of hydrogen-bond donors (Lipinski definition) is 2. The highest BCUT2D eigenvalue weighted by atomic mass is 32.2. The van der Waals surface area contributed by atoms with Crippen molar-refractivity contribution in [3.05, 3.63) is 11.9 Å². The fourth-order valence-corrected chi connectivity index (χ4v) is 1.60. The normalized spacial score (nSPS) is 10.6. The minimum absolute atomic E-state index is 0.0117. The van der Waals surface area contributed by atoms with E-state index >= 15 is 0 Å². The summed E-state index contributed by atoms with van der Waals surface area (Å²) in [5.74, 6) is 0.110. The SMILES string of the molecule is CSCCCNCCn1cc(C(=O)O)nn1.